The fourth-order valence-corrected chi connectivity index (χ4v) is 2.47. The van der Waals surface area contributed by atoms with Gasteiger partial charge in [-0.2, -0.15) is 0 Å². The Balaban J connectivity index is 1.95. The molecule has 0 saturated heterocycles. The van der Waals surface area contributed by atoms with Crippen molar-refractivity contribution in [2.45, 2.75) is 19.8 Å². The van der Waals surface area contributed by atoms with Crippen LogP contribution in [0.15, 0.2) is 36.4 Å². The maximum Gasteiger partial charge on any atom is 0.224 e. The van der Waals surface area contributed by atoms with Crippen molar-refractivity contribution < 1.29 is 9.59 Å². The summed E-state index contributed by atoms with van der Waals surface area (Å²) in [5.41, 5.74) is 10.4. The van der Waals surface area contributed by atoms with Crippen molar-refractivity contribution in [2.24, 2.45) is 0 Å². The fraction of sp³-hybridized carbons (Fsp3) is 0.176. The van der Waals surface area contributed by atoms with Crippen LogP contribution in [0.4, 0.5) is 11.4 Å². The molecule has 4 nitrogen and oxygen atoms in total. The van der Waals surface area contributed by atoms with Crippen LogP contribution in [0.5, 0.6) is 0 Å². The summed E-state index contributed by atoms with van der Waals surface area (Å²) in [6, 6.07) is 10.7. The van der Waals surface area contributed by atoms with Crippen LogP contribution in [-0.4, -0.2) is 11.7 Å². The second-order valence-corrected chi connectivity index (χ2v) is 5.32. The molecule has 0 spiro atoms. The van der Waals surface area contributed by atoms with E-state index >= 15 is 0 Å². The van der Waals surface area contributed by atoms with Crippen molar-refractivity contribution in [1.82, 2.24) is 0 Å². The number of carbonyl (C=O) groups excluding carboxylic acids is 2. The van der Waals surface area contributed by atoms with Gasteiger partial charge in [-0.05, 0) is 48.7 Å². The number of rotatable bonds is 2. The standard InChI is InChI=1S/C17H16N2O2/c1-10-2-3-13(9-14(10)18)17(21)12-4-6-15-11(8-12)5-7-16(20)19-15/h2-4,6,8-9H,5,7,18H2,1H3,(H,19,20). The number of nitrogen functional groups attached to an aromatic ring is 1. The van der Waals surface area contributed by atoms with E-state index in [1.165, 1.54) is 0 Å². The van der Waals surface area contributed by atoms with Crippen LogP contribution in [-0.2, 0) is 11.2 Å². The minimum atomic E-state index is -0.0543. The van der Waals surface area contributed by atoms with Crippen LogP contribution in [0.2, 0.25) is 0 Å². The first-order valence-electron chi connectivity index (χ1n) is 6.88. The van der Waals surface area contributed by atoms with E-state index in [0.717, 1.165) is 16.8 Å². The molecule has 2 aromatic rings. The summed E-state index contributed by atoms with van der Waals surface area (Å²) >= 11 is 0. The summed E-state index contributed by atoms with van der Waals surface area (Å²) in [4.78, 5) is 23.9. The van der Waals surface area contributed by atoms with Gasteiger partial charge < -0.3 is 11.1 Å². The molecule has 4 heteroatoms. The predicted molar refractivity (Wildman–Crippen MR) is 82.4 cm³/mol. The number of nitrogens with two attached hydrogens (primary N) is 1. The van der Waals surface area contributed by atoms with Gasteiger partial charge in [0.1, 0.15) is 0 Å². The molecular formula is C17H16N2O2. The van der Waals surface area contributed by atoms with Gasteiger partial charge in [-0.1, -0.05) is 12.1 Å². The molecule has 0 atom stereocenters. The van der Waals surface area contributed by atoms with Gasteiger partial charge in [0.05, 0.1) is 0 Å². The number of amides is 1. The Kier molecular flexibility index (Phi) is 3.22. The second kappa shape index (κ2) is 5.05. The Morgan fingerprint density at radius 2 is 1.81 bits per heavy atom. The lowest BCUT2D eigenvalue weighted by Crippen LogP contribution is -2.19. The van der Waals surface area contributed by atoms with E-state index < -0.39 is 0 Å². The number of ketones is 1. The molecule has 1 aliphatic heterocycles. The highest BCUT2D eigenvalue weighted by atomic mass is 16.1. The smallest absolute Gasteiger partial charge is 0.224 e. The number of aryl methyl sites for hydroxylation is 2. The van der Waals surface area contributed by atoms with E-state index in [-0.39, 0.29) is 11.7 Å². The van der Waals surface area contributed by atoms with E-state index in [2.05, 4.69) is 5.32 Å². The van der Waals surface area contributed by atoms with E-state index in [4.69, 9.17) is 5.73 Å². The Bertz CT molecular complexity index is 750. The van der Waals surface area contributed by atoms with Crippen molar-refractivity contribution in [1.29, 1.82) is 0 Å². The molecule has 0 saturated carbocycles. The van der Waals surface area contributed by atoms with E-state index in [1.807, 2.05) is 19.1 Å². The summed E-state index contributed by atoms with van der Waals surface area (Å²) in [5, 5.41) is 2.81. The van der Waals surface area contributed by atoms with Gasteiger partial charge in [0.15, 0.2) is 5.78 Å². The van der Waals surface area contributed by atoms with Crippen LogP contribution in [0.1, 0.15) is 33.5 Å². The summed E-state index contributed by atoms with van der Waals surface area (Å²) < 4.78 is 0. The highest BCUT2D eigenvalue weighted by Crippen LogP contribution is 2.25. The van der Waals surface area contributed by atoms with Crippen molar-refractivity contribution in [3.05, 3.63) is 58.7 Å². The van der Waals surface area contributed by atoms with Gasteiger partial charge >= 0.3 is 0 Å². The molecule has 0 aromatic heterocycles. The topological polar surface area (TPSA) is 72.2 Å². The molecule has 3 rings (SSSR count). The molecule has 3 N–H and O–H groups in total. The predicted octanol–water partition coefficient (Wildman–Crippen LogP) is 2.69. The highest BCUT2D eigenvalue weighted by molar-refractivity contribution is 6.10. The number of carbonyl (C=O) groups is 2. The Morgan fingerprint density at radius 3 is 2.57 bits per heavy atom. The molecule has 0 fully saturated rings. The third kappa shape index (κ3) is 2.52. The molecule has 0 unspecified atom stereocenters. The van der Waals surface area contributed by atoms with Crippen LogP contribution in [0.25, 0.3) is 0 Å². The Labute approximate surface area is 123 Å². The highest BCUT2D eigenvalue weighted by Gasteiger charge is 2.17. The van der Waals surface area contributed by atoms with Crippen LogP contribution >= 0.6 is 0 Å². The molecular weight excluding hydrogens is 264 g/mol. The summed E-state index contributed by atoms with van der Waals surface area (Å²) in [5.74, 6) is -0.0331. The molecule has 21 heavy (non-hydrogen) atoms. The normalized spacial score (nSPS) is 13.5. The number of hydrogen-bond donors (Lipinski definition) is 2. The number of hydrogen-bond acceptors (Lipinski definition) is 3. The first-order valence-corrected chi connectivity index (χ1v) is 6.88. The van der Waals surface area contributed by atoms with E-state index in [0.29, 0.717) is 29.7 Å². The molecule has 1 heterocycles. The fourth-order valence-electron chi connectivity index (χ4n) is 2.47. The van der Waals surface area contributed by atoms with Crippen LogP contribution in [0, 0.1) is 6.92 Å². The van der Waals surface area contributed by atoms with E-state index in [9.17, 15) is 9.59 Å². The average molecular weight is 280 g/mol. The first kappa shape index (κ1) is 13.4. The average Bonchev–Trinajstić information content (AvgIpc) is 2.49. The lowest BCUT2D eigenvalue weighted by molar-refractivity contribution is -0.116. The summed E-state index contributed by atoms with van der Waals surface area (Å²) in [6.45, 7) is 1.91. The molecule has 0 radical (unpaired) electrons. The Hall–Kier alpha value is -2.62. The van der Waals surface area contributed by atoms with Gasteiger partial charge in [0.25, 0.3) is 0 Å². The minimum absolute atomic E-state index is 0.0212. The monoisotopic (exact) mass is 280 g/mol. The largest absolute Gasteiger partial charge is 0.398 e. The van der Waals surface area contributed by atoms with Gasteiger partial charge in [-0.3, -0.25) is 9.59 Å². The van der Waals surface area contributed by atoms with Crippen molar-refractivity contribution in [2.75, 3.05) is 11.1 Å². The lowest BCUT2D eigenvalue weighted by Gasteiger charge is -2.17. The molecule has 1 aliphatic rings. The van der Waals surface area contributed by atoms with Gasteiger partial charge in [0.2, 0.25) is 5.91 Å². The Morgan fingerprint density at radius 1 is 1.10 bits per heavy atom. The second-order valence-electron chi connectivity index (χ2n) is 5.32. The molecule has 2 aromatic carbocycles. The van der Waals surface area contributed by atoms with E-state index in [1.54, 1.807) is 24.3 Å². The maximum atomic E-state index is 12.5. The van der Waals surface area contributed by atoms with Crippen LogP contribution in [0.3, 0.4) is 0 Å². The zero-order valence-electron chi connectivity index (χ0n) is 11.8. The third-order valence-electron chi connectivity index (χ3n) is 3.80. The first-order chi connectivity index (χ1) is 10.0. The van der Waals surface area contributed by atoms with Crippen molar-refractivity contribution in [3.63, 3.8) is 0 Å². The van der Waals surface area contributed by atoms with Gasteiger partial charge in [-0.15, -0.1) is 0 Å². The third-order valence-corrected chi connectivity index (χ3v) is 3.80. The van der Waals surface area contributed by atoms with Crippen molar-refractivity contribution >= 4 is 23.1 Å². The molecule has 0 bridgehead atoms. The van der Waals surface area contributed by atoms with Gasteiger partial charge in [0, 0.05) is 28.9 Å². The molecule has 106 valence electrons. The molecule has 0 aliphatic carbocycles. The maximum absolute atomic E-state index is 12.5. The summed E-state index contributed by atoms with van der Waals surface area (Å²) in [7, 11) is 0. The molecule has 1 amide bonds. The van der Waals surface area contributed by atoms with Gasteiger partial charge in [-0.25, -0.2) is 0 Å². The minimum Gasteiger partial charge on any atom is -0.398 e. The lowest BCUT2D eigenvalue weighted by atomic mass is 9.96. The SMILES string of the molecule is Cc1ccc(C(=O)c2ccc3c(c2)CCC(=O)N3)cc1N. The number of fused-ring (bicyclic) bond motifs is 1. The quantitative estimate of drug-likeness (QED) is 0.656. The van der Waals surface area contributed by atoms with Crippen molar-refractivity contribution in [3.8, 4) is 0 Å². The van der Waals surface area contributed by atoms with Crippen LogP contribution < -0.4 is 11.1 Å². The number of benzene rings is 2. The summed E-state index contributed by atoms with van der Waals surface area (Å²) in [6.07, 6.45) is 1.13. The zero-order valence-corrected chi connectivity index (χ0v) is 11.8. The number of anilines is 2. The zero-order chi connectivity index (χ0) is 15.0. The number of nitrogens with one attached hydrogen (secondary N) is 1.